The first kappa shape index (κ1) is 11.5. The number of halogens is 1. The third kappa shape index (κ3) is 1.97. The van der Waals surface area contributed by atoms with Crippen molar-refractivity contribution in [2.75, 3.05) is 0 Å². The van der Waals surface area contributed by atoms with E-state index >= 15 is 0 Å². The van der Waals surface area contributed by atoms with Crippen molar-refractivity contribution >= 4 is 16.9 Å². The van der Waals surface area contributed by atoms with Gasteiger partial charge >= 0.3 is 0 Å². The Morgan fingerprint density at radius 1 is 1.05 bits per heavy atom. The molecule has 0 atom stereocenters. The van der Waals surface area contributed by atoms with Crippen molar-refractivity contribution < 1.29 is 13.6 Å². The van der Waals surface area contributed by atoms with Gasteiger partial charge in [0.15, 0.2) is 0 Å². The Balaban J connectivity index is 2.10. The largest absolute Gasteiger partial charge is 0.464 e. The van der Waals surface area contributed by atoms with Crippen LogP contribution in [0, 0.1) is 5.82 Å². The van der Waals surface area contributed by atoms with Crippen LogP contribution in [0.5, 0.6) is 0 Å². The minimum absolute atomic E-state index is 0.104. The summed E-state index contributed by atoms with van der Waals surface area (Å²) in [5, 5.41) is 0.942. The summed E-state index contributed by atoms with van der Waals surface area (Å²) in [6.07, 6.45) is 1.60. The maximum absolute atomic E-state index is 13.7. The quantitative estimate of drug-likeness (QED) is 0.763. The van der Waals surface area contributed by atoms with E-state index in [1.54, 1.807) is 12.3 Å². The van der Waals surface area contributed by atoms with Gasteiger partial charge in [-0.1, -0.05) is 12.1 Å². The predicted molar refractivity (Wildman–Crippen MR) is 70.1 cm³/mol. The van der Waals surface area contributed by atoms with Crippen molar-refractivity contribution in [1.29, 1.82) is 0 Å². The number of hydrogen-bond donors (Lipinski definition) is 1. The molecule has 3 rings (SSSR count). The highest BCUT2D eigenvalue weighted by Gasteiger charge is 2.10. The smallest absolute Gasteiger partial charge is 0.251 e. The topological polar surface area (TPSA) is 56.2 Å². The summed E-state index contributed by atoms with van der Waals surface area (Å²) in [5.74, 6) is -1.38. The standard InChI is InChI=1S/C15H10FNO2/c16-13-8-10(1-3-12(13)15(17)18)9-2-4-14-11(7-9)5-6-19-14/h1-8H,(H2,17,18). The van der Waals surface area contributed by atoms with Crippen LogP contribution >= 0.6 is 0 Å². The maximum atomic E-state index is 13.7. The molecule has 19 heavy (non-hydrogen) atoms. The highest BCUT2D eigenvalue weighted by molar-refractivity contribution is 5.93. The molecule has 3 aromatic rings. The van der Waals surface area contributed by atoms with Gasteiger partial charge in [-0.05, 0) is 41.5 Å². The molecule has 0 aliphatic carbocycles. The van der Waals surface area contributed by atoms with E-state index in [9.17, 15) is 9.18 Å². The first-order valence-corrected chi connectivity index (χ1v) is 5.72. The lowest BCUT2D eigenvalue weighted by atomic mass is 10.0. The molecule has 1 aromatic heterocycles. The number of rotatable bonds is 2. The first-order valence-electron chi connectivity index (χ1n) is 5.72. The van der Waals surface area contributed by atoms with E-state index in [4.69, 9.17) is 10.2 Å². The van der Waals surface area contributed by atoms with Crippen molar-refractivity contribution in [1.82, 2.24) is 0 Å². The molecule has 2 aromatic carbocycles. The van der Waals surface area contributed by atoms with E-state index < -0.39 is 11.7 Å². The van der Waals surface area contributed by atoms with Crippen LogP contribution in [0.1, 0.15) is 10.4 Å². The van der Waals surface area contributed by atoms with E-state index in [2.05, 4.69) is 0 Å². The van der Waals surface area contributed by atoms with Crippen LogP contribution in [0.15, 0.2) is 53.1 Å². The molecule has 0 fully saturated rings. The fourth-order valence-corrected chi connectivity index (χ4v) is 2.04. The molecule has 0 aliphatic heterocycles. The Morgan fingerprint density at radius 2 is 1.79 bits per heavy atom. The number of primary amides is 1. The van der Waals surface area contributed by atoms with E-state index in [0.717, 1.165) is 16.5 Å². The Kier molecular flexibility index (Phi) is 2.56. The van der Waals surface area contributed by atoms with Gasteiger partial charge in [-0.2, -0.15) is 0 Å². The van der Waals surface area contributed by atoms with Gasteiger partial charge in [-0.25, -0.2) is 4.39 Å². The van der Waals surface area contributed by atoms with Crippen LogP contribution < -0.4 is 5.73 Å². The molecule has 1 heterocycles. The molecule has 3 nitrogen and oxygen atoms in total. The molecule has 1 amide bonds. The monoisotopic (exact) mass is 255 g/mol. The number of carbonyl (C=O) groups is 1. The molecular formula is C15H10FNO2. The van der Waals surface area contributed by atoms with Crippen LogP contribution in [0.3, 0.4) is 0 Å². The minimum atomic E-state index is -0.769. The van der Waals surface area contributed by atoms with Gasteiger partial charge in [0.25, 0.3) is 5.91 Å². The number of nitrogens with two attached hydrogens (primary N) is 1. The van der Waals surface area contributed by atoms with Gasteiger partial charge in [-0.15, -0.1) is 0 Å². The number of furan rings is 1. The number of hydrogen-bond acceptors (Lipinski definition) is 2. The third-order valence-corrected chi connectivity index (χ3v) is 3.02. The summed E-state index contributed by atoms with van der Waals surface area (Å²) in [6, 6.07) is 11.8. The second-order valence-corrected chi connectivity index (χ2v) is 4.23. The Bertz CT molecular complexity index is 777. The fourth-order valence-electron chi connectivity index (χ4n) is 2.04. The van der Waals surface area contributed by atoms with E-state index in [1.165, 1.54) is 12.1 Å². The molecule has 4 heteroatoms. The van der Waals surface area contributed by atoms with Crippen LogP contribution in [-0.2, 0) is 0 Å². The van der Waals surface area contributed by atoms with Crippen molar-refractivity contribution in [2.24, 2.45) is 5.73 Å². The average molecular weight is 255 g/mol. The van der Waals surface area contributed by atoms with Gasteiger partial charge in [0.05, 0.1) is 11.8 Å². The molecule has 0 aliphatic rings. The van der Waals surface area contributed by atoms with Crippen LogP contribution in [-0.4, -0.2) is 5.91 Å². The molecule has 0 saturated heterocycles. The number of carbonyl (C=O) groups excluding carboxylic acids is 1. The summed E-state index contributed by atoms with van der Waals surface area (Å²) in [5.41, 5.74) is 7.28. The van der Waals surface area contributed by atoms with E-state index in [0.29, 0.717) is 5.56 Å². The molecule has 2 N–H and O–H groups in total. The predicted octanol–water partition coefficient (Wildman–Crippen LogP) is 3.34. The molecule has 94 valence electrons. The van der Waals surface area contributed by atoms with Gasteiger partial charge < -0.3 is 10.2 Å². The molecule has 0 radical (unpaired) electrons. The summed E-state index contributed by atoms with van der Waals surface area (Å²) >= 11 is 0. The van der Waals surface area contributed by atoms with Crippen molar-refractivity contribution in [3.8, 4) is 11.1 Å². The van der Waals surface area contributed by atoms with Gasteiger partial charge in [-0.3, -0.25) is 4.79 Å². The summed E-state index contributed by atoms with van der Waals surface area (Å²) in [4.78, 5) is 11.0. The second kappa shape index (κ2) is 4.24. The molecule has 0 saturated carbocycles. The Labute approximate surface area is 108 Å². The summed E-state index contributed by atoms with van der Waals surface area (Å²) < 4.78 is 19.0. The summed E-state index contributed by atoms with van der Waals surface area (Å²) in [7, 11) is 0. The zero-order chi connectivity index (χ0) is 13.4. The Morgan fingerprint density at radius 3 is 2.53 bits per heavy atom. The summed E-state index contributed by atoms with van der Waals surface area (Å²) in [6.45, 7) is 0. The average Bonchev–Trinajstić information content (AvgIpc) is 2.85. The minimum Gasteiger partial charge on any atom is -0.464 e. The van der Waals surface area contributed by atoms with E-state index in [1.807, 2.05) is 24.3 Å². The molecule has 0 unspecified atom stereocenters. The molecular weight excluding hydrogens is 245 g/mol. The van der Waals surface area contributed by atoms with Crippen LogP contribution in [0.4, 0.5) is 4.39 Å². The van der Waals surface area contributed by atoms with Crippen LogP contribution in [0.25, 0.3) is 22.1 Å². The fraction of sp³-hybridized carbons (Fsp3) is 0. The lowest BCUT2D eigenvalue weighted by molar-refractivity contribution is 0.0996. The highest BCUT2D eigenvalue weighted by atomic mass is 19.1. The zero-order valence-corrected chi connectivity index (χ0v) is 9.89. The highest BCUT2D eigenvalue weighted by Crippen LogP contribution is 2.26. The SMILES string of the molecule is NC(=O)c1ccc(-c2ccc3occc3c2)cc1F. The number of fused-ring (bicyclic) bond motifs is 1. The van der Waals surface area contributed by atoms with Crippen molar-refractivity contribution in [3.63, 3.8) is 0 Å². The molecule has 0 spiro atoms. The maximum Gasteiger partial charge on any atom is 0.251 e. The van der Waals surface area contributed by atoms with Crippen molar-refractivity contribution in [2.45, 2.75) is 0 Å². The Hall–Kier alpha value is -2.62. The van der Waals surface area contributed by atoms with Gasteiger partial charge in [0, 0.05) is 5.39 Å². The van der Waals surface area contributed by atoms with Gasteiger partial charge in [0.2, 0.25) is 0 Å². The van der Waals surface area contributed by atoms with Crippen LogP contribution in [0.2, 0.25) is 0 Å². The van der Waals surface area contributed by atoms with Crippen molar-refractivity contribution in [3.05, 3.63) is 60.1 Å². The zero-order valence-electron chi connectivity index (χ0n) is 9.89. The number of benzene rings is 2. The lowest BCUT2D eigenvalue weighted by Crippen LogP contribution is -2.12. The van der Waals surface area contributed by atoms with E-state index in [-0.39, 0.29) is 5.56 Å². The number of amides is 1. The lowest BCUT2D eigenvalue weighted by Gasteiger charge is -2.04. The first-order chi connectivity index (χ1) is 9.15. The second-order valence-electron chi connectivity index (χ2n) is 4.23. The third-order valence-electron chi connectivity index (χ3n) is 3.02. The van der Waals surface area contributed by atoms with Gasteiger partial charge in [0.1, 0.15) is 11.4 Å². The molecule has 0 bridgehead atoms. The normalized spacial score (nSPS) is 10.8.